The Labute approximate surface area is 85.6 Å². The summed E-state index contributed by atoms with van der Waals surface area (Å²) in [4.78, 5) is 22.1. The van der Waals surface area contributed by atoms with Gasteiger partial charge in [-0.3, -0.25) is 14.9 Å². The lowest BCUT2D eigenvalue weighted by atomic mass is 10.1. The number of imide groups is 1. The van der Waals surface area contributed by atoms with Crippen molar-refractivity contribution >= 4 is 17.9 Å². The maximum absolute atomic E-state index is 12.6. The maximum Gasteiger partial charge on any atom is 0.254 e. The molecule has 1 saturated heterocycles. The normalized spacial score (nSPS) is 18.3. The molecule has 1 fully saturated rings. The maximum atomic E-state index is 12.6. The average Bonchev–Trinajstić information content (AvgIpc) is 2.49. The fourth-order valence-corrected chi connectivity index (χ4v) is 1.38. The fraction of sp³-hybridized carbons (Fsp3) is 0.0909. The van der Waals surface area contributed by atoms with E-state index in [1.807, 2.05) is 0 Å². The zero-order valence-corrected chi connectivity index (χ0v) is 7.79. The molecule has 0 radical (unpaired) electrons. The summed E-state index contributed by atoms with van der Waals surface area (Å²) < 4.78 is 12.6. The molecule has 15 heavy (non-hydrogen) atoms. The predicted octanol–water partition coefficient (Wildman–Crippen LogP) is 1.26. The molecule has 1 heterocycles. The first-order valence-corrected chi connectivity index (χ1v) is 4.45. The van der Waals surface area contributed by atoms with Gasteiger partial charge in [0.25, 0.3) is 5.91 Å². The fourth-order valence-electron chi connectivity index (χ4n) is 1.38. The van der Waals surface area contributed by atoms with Gasteiger partial charge in [0, 0.05) is 5.57 Å². The number of amides is 2. The first kappa shape index (κ1) is 9.58. The Hall–Kier alpha value is -1.97. The summed E-state index contributed by atoms with van der Waals surface area (Å²) in [5, 5.41) is 2.18. The highest BCUT2D eigenvalue weighted by Gasteiger charge is 2.23. The molecular formula is C11H8FNO2. The van der Waals surface area contributed by atoms with Crippen LogP contribution in [0.5, 0.6) is 0 Å². The molecule has 1 aliphatic rings. The number of carbonyl (C=O) groups is 2. The first-order valence-electron chi connectivity index (χ1n) is 4.45. The second kappa shape index (κ2) is 3.65. The number of carbonyl (C=O) groups excluding carboxylic acids is 2. The zero-order valence-electron chi connectivity index (χ0n) is 7.79. The molecule has 2 amide bonds. The Balaban J connectivity index is 2.27. The van der Waals surface area contributed by atoms with Gasteiger partial charge in [0.05, 0.1) is 6.42 Å². The molecule has 0 aliphatic carbocycles. The molecular weight excluding hydrogens is 197 g/mol. The van der Waals surface area contributed by atoms with Crippen molar-refractivity contribution in [1.29, 1.82) is 0 Å². The molecule has 0 aromatic heterocycles. The van der Waals surface area contributed by atoms with Crippen molar-refractivity contribution in [2.24, 2.45) is 0 Å². The lowest BCUT2D eigenvalue weighted by Crippen LogP contribution is -2.19. The molecule has 2 rings (SSSR count). The topological polar surface area (TPSA) is 46.2 Å². The lowest BCUT2D eigenvalue weighted by molar-refractivity contribution is -0.124. The van der Waals surface area contributed by atoms with Crippen LogP contribution >= 0.6 is 0 Å². The van der Waals surface area contributed by atoms with E-state index in [1.54, 1.807) is 18.2 Å². The standard InChI is InChI=1S/C11H8FNO2/c12-9-3-1-7(2-4-9)5-8-6-10(14)13-11(8)15/h1-5H,6H2,(H,13,14,15)/b8-5+. The number of nitrogens with one attached hydrogen (secondary N) is 1. The van der Waals surface area contributed by atoms with Crippen LogP contribution in [0.3, 0.4) is 0 Å². The monoisotopic (exact) mass is 205 g/mol. The van der Waals surface area contributed by atoms with E-state index in [-0.39, 0.29) is 24.1 Å². The summed E-state index contributed by atoms with van der Waals surface area (Å²) >= 11 is 0. The smallest absolute Gasteiger partial charge is 0.254 e. The molecule has 0 atom stereocenters. The van der Waals surface area contributed by atoms with Crippen LogP contribution in [-0.4, -0.2) is 11.8 Å². The quantitative estimate of drug-likeness (QED) is 0.554. The molecule has 1 aromatic carbocycles. The molecule has 1 aromatic rings. The van der Waals surface area contributed by atoms with Crippen molar-refractivity contribution in [1.82, 2.24) is 5.32 Å². The van der Waals surface area contributed by atoms with Crippen LogP contribution in [-0.2, 0) is 9.59 Å². The molecule has 1 N–H and O–H groups in total. The van der Waals surface area contributed by atoms with Crippen LogP contribution in [0.4, 0.5) is 4.39 Å². The van der Waals surface area contributed by atoms with Crippen LogP contribution in [0.15, 0.2) is 29.8 Å². The van der Waals surface area contributed by atoms with Gasteiger partial charge >= 0.3 is 0 Å². The van der Waals surface area contributed by atoms with Crippen LogP contribution in [0.1, 0.15) is 12.0 Å². The van der Waals surface area contributed by atoms with E-state index in [9.17, 15) is 14.0 Å². The highest BCUT2D eigenvalue weighted by atomic mass is 19.1. The van der Waals surface area contributed by atoms with Gasteiger partial charge < -0.3 is 0 Å². The van der Waals surface area contributed by atoms with Crippen molar-refractivity contribution in [2.45, 2.75) is 6.42 Å². The van der Waals surface area contributed by atoms with Crippen LogP contribution in [0.25, 0.3) is 6.08 Å². The molecule has 3 nitrogen and oxygen atoms in total. The van der Waals surface area contributed by atoms with Crippen molar-refractivity contribution < 1.29 is 14.0 Å². The van der Waals surface area contributed by atoms with E-state index in [2.05, 4.69) is 5.32 Å². The summed E-state index contributed by atoms with van der Waals surface area (Å²) in [6.07, 6.45) is 1.68. The third-order valence-corrected chi connectivity index (χ3v) is 2.11. The van der Waals surface area contributed by atoms with Gasteiger partial charge in [-0.2, -0.15) is 0 Å². The summed E-state index contributed by atoms with van der Waals surface area (Å²) in [6, 6.07) is 5.72. The van der Waals surface area contributed by atoms with E-state index in [0.29, 0.717) is 11.1 Å². The minimum atomic E-state index is -0.371. The van der Waals surface area contributed by atoms with E-state index in [1.165, 1.54) is 12.1 Å². The van der Waals surface area contributed by atoms with Gasteiger partial charge in [0.1, 0.15) is 5.82 Å². The van der Waals surface area contributed by atoms with E-state index in [0.717, 1.165) is 0 Å². The Bertz CT molecular complexity index is 448. The second-order valence-corrected chi connectivity index (χ2v) is 3.28. The van der Waals surface area contributed by atoms with Crippen LogP contribution in [0, 0.1) is 5.82 Å². The molecule has 76 valence electrons. The van der Waals surface area contributed by atoms with Gasteiger partial charge in [0.15, 0.2) is 0 Å². The molecule has 0 unspecified atom stereocenters. The van der Waals surface area contributed by atoms with Gasteiger partial charge in [-0.15, -0.1) is 0 Å². The third kappa shape index (κ3) is 2.10. The minimum Gasteiger partial charge on any atom is -0.292 e. The Kier molecular flexibility index (Phi) is 2.33. The summed E-state index contributed by atoms with van der Waals surface area (Å²) in [5.74, 6) is -0.998. The Morgan fingerprint density at radius 3 is 2.40 bits per heavy atom. The molecule has 0 saturated carbocycles. The van der Waals surface area contributed by atoms with E-state index >= 15 is 0 Å². The van der Waals surface area contributed by atoms with Gasteiger partial charge in [-0.05, 0) is 23.8 Å². The van der Waals surface area contributed by atoms with Crippen molar-refractivity contribution in [3.63, 3.8) is 0 Å². The predicted molar refractivity (Wildman–Crippen MR) is 52.1 cm³/mol. The van der Waals surface area contributed by atoms with Crippen molar-refractivity contribution in [2.75, 3.05) is 0 Å². The number of benzene rings is 1. The third-order valence-electron chi connectivity index (χ3n) is 2.11. The van der Waals surface area contributed by atoms with E-state index in [4.69, 9.17) is 0 Å². The molecule has 4 heteroatoms. The van der Waals surface area contributed by atoms with Crippen LogP contribution < -0.4 is 5.32 Å². The number of hydrogen-bond acceptors (Lipinski definition) is 2. The molecule has 0 bridgehead atoms. The highest BCUT2D eigenvalue weighted by molar-refractivity contribution is 6.15. The SMILES string of the molecule is O=C1C/C(=C\c2ccc(F)cc2)C(=O)N1. The van der Waals surface area contributed by atoms with Gasteiger partial charge in [-0.1, -0.05) is 12.1 Å². The van der Waals surface area contributed by atoms with Crippen molar-refractivity contribution in [3.8, 4) is 0 Å². The lowest BCUT2D eigenvalue weighted by Gasteiger charge is -1.94. The average molecular weight is 205 g/mol. The summed E-state index contributed by atoms with van der Waals surface area (Å²) in [7, 11) is 0. The minimum absolute atomic E-state index is 0.0935. The van der Waals surface area contributed by atoms with Gasteiger partial charge in [-0.25, -0.2) is 4.39 Å². The largest absolute Gasteiger partial charge is 0.292 e. The Morgan fingerprint density at radius 1 is 1.20 bits per heavy atom. The number of halogens is 1. The second-order valence-electron chi connectivity index (χ2n) is 3.28. The van der Waals surface area contributed by atoms with Gasteiger partial charge in [0.2, 0.25) is 5.91 Å². The summed E-state index contributed by atoms with van der Waals surface area (Å²) in [6.45, 7) is 0. The number of rotatable bonds is 1. The van der Waals surface area contributed by atoms with Crippen LogP contribution in [0.2, 0.25) is 0 Å². The zero-order chi connectivity index (χ0) is 10.8. The van der Waals surface area contributed by atoms with E-state index < -0.39 is 0 Å². The Morgan fingerprint density at radius 2 is 1.87 bits per heavy atom. The van der Waals surface area contributed by atoms with Crippen molar-refractivity contribution in [3.05, 3.63) is 41.2 Å². The number of hydrogen-bond donors (Lipinski definition) is 1. The first-order chi connectivity index (χ1) is 7.15. The summed E-state index contributed by atoms with van der Waals surface area (Å²) in [5.41, 5.74) is 1.11. The highest BCUT2D eigenvalue weighted by Crippen LogP contribution is 2.14. The molecule has 1 aliphatic heterocycles. The molecule has 0 spiro atoms.